The highest BCUT2D eigenvalue weighted by Crippen LogP contribution is 2.43. The third-order valence-electron chi connectivity index (χ3n) is 6.10. The summed E-state index contributed by atoms with van der Waals surface area (Å²) in [7, 11) is -4.96. The van der Waals surface area contributed by atoms with Crippen LogP contribution in [-0.2, 0) is 18.6 Å². The Morgan fingerprint density at radius 1 is 1.33 bits per heavy atom. The molecule has 1 unspecified atom stereocenters. The highest BCUT2D eigenvalue weighted by Gasteiger charge is 2.51. The van der Waals surface area contributed by atoms with Crippen molar-refractivity contribution in [1.82, 2.24) is 10.6 Å². The molecule has 0 spiro atoms. The fourth-order valence-corrected chi connectivity index (χ4v) is 5.90. The molecule has 2 fully saturated rings. The molecule has 0 aliphatic carbocycles. The Labute approximate surface area is 202 Å². The first kappa shape index (κ1) is 29.2. The van der Waals surface area contributed by atoms with Crippen LogP contribution >= 0.6 is 31.2 Å². The monoisotopic (exact) mass is 536 g/mol. The van der Waals surface area contributed by atoms with Gasteiger partial charge < -0.3 is 35.4 Å². The van der Waals surface area contributed by atoms with Crippen molar-refractivity contribution < 1.29 is 43.0 Å². The van der Waals surface area contributed by atoms with Crippen LogP contribution in [-0.4, -0.2) is 92.7 Å². The van der Waals surface area contributed by atoms with E-state index in [4.69, 9.17) is 26.1 Å². The Morgan fingerprint density at radius 3 is 2.61 bits per heavy atom. The summed E-state index contributed by atoms with van der Waals surface area (Å²) in [6.45, 7) is 1.87. The van der Waals surface area contributed by atoms with Crippen LogP contribution in [0, 0.1) is 5.92 Å². The maximum atomic E-state index is 13.0. The topological polar surface area (TPSA) is 158 Å². The number of carbonyl (C=O) groups excluding carboxylic acids is 1. The van der Waals surface area contributed by atoms with Gasteiger partial charge in [-0.3, -0.25) is 13.7 Å². The van der Waals surface area contributed by atoms with Crippen LogP contribution in [0.1, 0.15) is 39.0 Å². The van der Waals surface area contributed by atoms with Gasteiger partial charge in [0.05, 0.1) is 24.1 Å². The standard InChI is InChI=1S/C19H35ClFN2O8PS/c1-10(20)13(23-18(26)12-6-5-11(4-3-8-21)7-9-22-12)16-14(24)15(25)17(19(30-16)33-2)31-32(27,28)29/h10-17,19,22,24-25H,3-9H2,1-2H3,(H,23,26)(H2,27,28,29)/t10-,11-,12-,13?,14+,15-,16+,17+,19+/m0/s1. The summed E-state index contributed by atoms with van der Waals surface area (Å²) in [6.07, 6.45) is -0.858. The number of nitrogens with one attached hydrogen (secondary N) is 2. The zero-order chi connectivity index (χ0) is 24.8. The number of carbonyl (C=O) groups is 1. The first-order valence-electron chi connectivity index (χ1n) is 11.0. The molecule has 6 N–H and O–H groups in total. The minimum atomic E-state index is -4.96. The van der Waals surface area contributed by atoms with Crippen molar-refractivity contribution in [1.29, 1.82) is 0 Å². The lowest BCUT2D eigenvalue weighted by Crippen LogP contribution is -2.65. The van der Waals surface area contributed by atoms with Gasteiger partial charge in [-0.05, 0) is 57.7 Å². The number of rotatable bonds is 10. The Balaban J connectivity index is 2.08. The lowest BCUT2D eigenvalue weighted by Gasteiger charge is -2.45. The van der Waals surface area contributed by atoms with E-state index in [1.54, 1.807) is 13.2 Å². The molecular formula is C19H35ClFN2O8PS. The minimum Gasteiger partial charge on any atom is -0.388 e. The van der Waals surface area contributed by atoms with Gasteiger partial charge in [0.2, 0.25) is 5.91 Å². The molecule has 0 bridgehead atoms. The van der Waals surface area contributed by atoms with E-state index in [1.807, 2.05) is 0 Å². The Bertz CT molecular complexity index is 676. The molecule has 2 rings (SSSR count). The number of amides is 1. The molecule has 0 radical (unpaired) electrons. The van der Waals surface area contributed by atoms with E-state index in [-0.39, 0.29) is 12.6 Å². The third kappa shape index (κ3) is 8.56. The zero-order valence-corrected chi connectivity index (χ0v) is 21.1. The molecule has 0 aromatic heterocycles. The molecule has 2 heterocycles. The van der Waals surface area contributed by atoms with Crippen molar-refractivity contribution in [2.45, 2.75) is 86.3 Å². The highest BCUT2D eigenvalue weighted by molar-refractivity contribution is 7.99. The average Bonchev–Trinajstić information content (AvgIpc) is 2.99. The van der Waals surface area contributed by atoms with Crippen LogP contribution in [0.25, 0.3) is 0 Å². The van der Waals surface area contributed by atoms with Gasteiger partial charge in [-0.15, -0.1) is 23.4 Å². The summed E-state index contributed by atoms with van der Waals surface area (Å²) in [4.78, 5) is 31.3. The van der Waals surface area contributed by atoms with Crippen LogP contribution in [0.3, 0.4) is 0 Å². The van der Waals surface area contributed by atoms with Gasteiger partial charge in [0.15, 0.2) is 0 Å². The first-order chi connectivity index (χ1) is 15.5. The lowest BCUT2D eigenvalue weighted by molar-refractivity contribution is -0.201. The Hall–Kier alpha value is -0.0100. The maximum Gasteiger partial charge on any atom is 0.470 e. The lowest BCUT2D eigenvalue weighted by atomic mass is 9.92. The maximum absolute atomic E-state index is 13.0. The quantitative estimate of drug-likeness (QED) is 0.175. The van der Waals surface area contributed by atoms with Crippen molar-refractivity contribution >= 4 is 37.1 Å². The Kier molecular flexibility index (Phi) is 11.8. The number of hydrogen-bond acceptors (Lipinski definition) is 8. The Morgan fingerprint density at radius 2 is 2.03 bits per heavy atom. The van der Waals surface area contributed by atoms with E-state index in [0.29, 0.717) is 25.3 Å². The van der Waals surface area contributed by atoms with Crippen LogP contribution < -0.4 is 10.6 Å². The molecule has 10 nitrogen and oxygen atoms in total. The molecule has 1 amide bonds. The molecule has 2 aliphatic heterocycles. The molecule has 2 saturated heterocycles. The minimum absolute atomic E-state index is 0.335. The third-order valence-corrected chi connectivity index (χ3v) is 7.73. The van der Waals surface area contributed by atoms with E-state index < -0.39 is 55.1 Å². The molecule has 33 heavy (non-hydrogen) atoms. The number of alkyl halides is 2. The first-order valence-corrected chi connectivity index (χ1v) is 14.3. The molecule has 2 aliphatic rings. The number of halogens is 2. The summed E-state index contributed by atoms with van der Waals surface area (Å²) in [6, 6.07) is -1.40. The molecule has 9 atom stereocenters. The second-order valence-electron chi connectivity index (χ2n) is 8.53. The molecule has 0 saturated carbocycles. The fourth-order valence-electron chi connectivity index (χ4n) is 4.33. The number of hydrogen-bond donors (Lipinski definition) is 6. The predicted octanol–water partition coefficient (Wildman–Crippen LogP) is 0.894. The summed E-state index contributed by atoms with van der Waals surface area (Å²) in [5, 5.41) is 26.5. The van der Waals surface area contributed by atoms with Crippen molar-refractivity contribution in [3.8, 4) is 0 Å². The predicted molar refractivity (Wildman–Crippen MR) is 123 cm³/mol. The zero-order valence-electron chi connectivity index (χ0n) is 18.7. The van der Waals surface area contributed by atoms with Gasteiger partial charge in [-0.25, -0.2) is 4.57 Å². The summed E-state index contributed by atoms with van der Waals surface area (Å²) in [5.74, 6) is 0.0129. The smallest absolute Gasteiger partial charge is 0.388 e. The van der Waals surface area contributed by atoms with Crippen LogP contribution in [0.2, 0.25) is 0 Å². The van der Waals surface area contributed by atoms with Gasteiger partial charge >= 0.3 is 7.82 Å². The van der Waals surface area contributed by atoms with E-state index in [0.717, 1.165) is 31.0 Å². The largest absolute Gasteiger partial charge is 0.470 e. The molecular weight excluding hydrogens is 502 g/mol. The summed E-state index contributed by atoms with van der Waals surface area (Å²) < 4.78 is 34.2. The van der Waals surface area contributed by atoms with Crippen LogP contribution in [0.15, 0.2) is 0 Å². The number of phosphoric ester groups is 1. The van der Waals surface area contributed by atoms with E-state index in [1.165, 1.54) is 0 Å². The van der Waals surface area contributed by atoms with Gasteiger partial charge in [0, 0.05) is 0 Å². The highest BCUT2D eigenvalue weighted by atomic mass is 35.5. The molecule has 0 aromatic rings. The summed E-state index contributed by atoms with van der Waals surface area (Å²) >= 11 is 7.35. The van der Waals surface area contributed by atoms with E-state index >= 15 is 0 Å². The SMILES string of the molecule is CS[C@H]1O[C@H](C(NC(=O)[C@@H]2CC[C@H](CCCF)CCN2)[C@H](C)Cl)[C@H](O)[C@H](O)[C@H]1OP(=O)(O)O. The van der Waals surface area contributed by atoms with Crippen LogP contribution in [0.5, 0.6) is 0 Å². The van der Waals surface area contributed by atoms with Crippen LogP contribution in [0.4, 0.5) is 4.39 Å². The number of ether oxygens (including phenoxy) is 1. The molecule has 194 valence electrons. The second kappa shape index (κ2) is 13.3. The van der Waals surface area contributed by atoms with E-state index in [2.05, 4.69) is 15.2 Å². The number of thioether (sulfide) groups is 1. The van der Waals surface area contributed by atoms with Gasteiger partial charge in [0.1, 0.15) is 29.9 Å². The normalized spacial score (nSPS) is 35.5. The second-order valence-corrected chi connectivity index (χ2v) is 11.3. The van der Waals surface area contributed by atoms with Gasteiger partial charge in [0.25, 0.3) is 0 Å². The molecule has 0 aromatic carbocycles. The van der Waals surface area contributed by atoms with Crippen molar-refractivity contribution in [3.63, 3.8) is 0 Å². The van der Waals surface area contributed by atoms with E-state index in [9.17, 15) is 24.0 Å². The number of phosphoric acid groups is 1. The van der Waals surface area contributed by atoms with Crippen molar-refractivity contribution in [2.24, 2.45) is 5.92 Å². The van der Waals surface area contributed by atoms with Crippen molar-refractivity contribution in [3.05, 3.63) is 0 Å². The molecule has 14 heteroatoms. The van der Waals surface area contributed by atoms with Gasteiger partial charge in [-0.1, -0.05) is 0 Å². The van der Waals surface area contributed by atoms with Crippen molar-refractivity contribution in [2.75, 3.05) is 19.5 Å². The fraction of sp³-hybridized carbons (Fsp3) is 0.947. The van der Waals surface area contributed by atoms with Gasteiger partial charge in [-0.2, -0.15) is 0 Å². The number of aliphatic hydroxyl groups is 2. The number of aliphatic hydroxyl groups excluding tert-OH is 2. The average molecular weight is 537 g/mol. The summed E-state index contributed by atoms with van der Waals surface area (Å²) in [5.41, 5.74) is -1.02.